The number of nitrogens with zero attached hydrogens (tertiary/aromatic N) is 3. The summed E-state index contributed by atoms with van der Waals surface area (Å²) in [6.45, 7) is 4.52. The van der Waals surface area contributed by atoms with Gasteiger partial charge in [0.15, 0.2) is 0 Å². The molecule has 1 saturated heterocycles. The number of morpholine rings is 1. The van der Waals surface area contributed by atoms with E-state index >= 15 is 0 Å². The third kappa shape index (κ3) is 4.52. The molecule has 2 heterocycles. The molecule has 0 radical (unpaired) electrons. The maximum Gasteiger partial charge on any atom is 0.323 e. The van der Waals surface area contributed by atoms with Crippen LogP contribution < -0.4 is 5.32 Å². The molecule has 7 heteroatoms. The number of hydrogen-bond acceptors (Lipinski definition) is 3. The Balaban J connectivity index is 1.62. The molecule has 1 aromatic heterocycles. The minimum Gasteiger partial charge on any atom is -0.370 e. The van der Waals surface area contributed by atoms with Crippen LogP contribution in [0.5, 0.6) is 0 Å². The second kappa shape index (κ2) is 8.36. The average molecular weight is 363 g/mol. The molecule has 1 N–H and O–H groups in total. The highest BCUT2D eigenvalue weighted by Gasteiger charge is 2.26. The van der Waals surface area contributed by atoms with Gasteiger partial charge in [-0.25, -0.2) is 9.48 Å². The summed E-state index contributed by atoms with van der Waals surface area (Å²) in [6, 6.07) is 9.25. The van der Waals surface area contributed by atoms with Gasteiger partial charge in [-0.2, -0.15) is 5.10 Å². The van der Waals surface area contributed by atoms with E-state index in [-0.39, 0.29) is 12.1 Å². The molecule has 0 saturated carbocycles. The third-order valence-corrected chi connectivity index (χ3v) is 4.52. The minimum atomic E-state index is -0.137. The van der Waals surface area contributed by atoms with Crippen molar-refractivity contribution in [3.8, 4) is 0 Å². The lowest BCUT2D eigenvalue weighted by Crippen LogP contribution is -2.44. The van der Waals surface area contributed by atoms with Crippen LogP contribution in [0, 0.1) is 0 Å². The van der Waals surface area contributed by atoms with Gasteiger partial charge in [-0.05, 0) is 24.1 Å². The number of hydrogen-bond donors (Lipinski definition) is 1. The van der Waals surface area contributed by atoms with Crippen LogP contribution in [0.15, 0.2) is 36.5 Å². The SMILES string of the molecule is CCCCn1nccc1NC(=O)N1CCOC(c2ccc(Cl)cc2)C1. The van der Waals surface area contributed by atoms with E-state index < -0.39 is 0 Å². The number of unbranched alkanes of at least 4 members (excludes halogenated alkanes) is 1. The van der Waals surface area contributed by atoms with Crippen molar-refractivity contribution in [3.05, 3.63) is 47.1 Å². The fraction of sp³-hybridized carbons (Fsp3) is 0.444. The lowest BCUT2D eigenvalue weighted by Gasteiger charge is -2.33. The molecule has 25 heavy (non-hydrogen) atoms. The lowest BCUT2D eigenvalue weighted by molar-refractivity contribution is -0.0135. The summed E-state index contributed by atoms with van der Waals surface area (Å²) in [5.74, 6) is 0.730. The van der Waals surface area contributed by atoms with E-state index in [9.17, 15) is 4.79 Å². The van der Waals surface area contributed by atoms with Gasteiger partial charge in [0, 0.05) is 24.2 Å². The van der Waals surface area contributed by atoms with Crippen molar-refractivity contribution < 1.29 is 9.53 Å². The molecule has 1 fully saturated rings. The molecule has 1 unspecified atom stereocenters. The quantitative estimate of drug-likeness (QED) is 0.876. The maximum absolute atomic E-state index is 12.6. The topological polar surface area (TPSA) is 59.4 Å². The number of ether oxygens (including phenoxy) is 1. The second-order valence-corrected chi connectivity index (χ2v) is 6.52. The van der Waals surface area contributed by atoms with E-state index in [2.05, 4.69) is 17.3 Å². The summed E-state index contributed by atoms with van der Waals surface area (Å²) in [6.07, 6.45) is 3.68. The predicted octanol–water partition coefficient (Wildman–Crippen LogP) is 3.94. The molecule has 6 nitrogen and oxygen atoms in total. The van der Waals surface area contributed by atoms with Crippen LogP contribution in [0.3, 0.4) is 0 Å². The first-order chi connectivity index (χ1) is 12.2. The number of urea groups is 1. The fourth-order valence-electron chi connectivity index (χ4n) is 2.83. The van der Waals surface area contributed by atoms with Crippen LogP contribution in [-0.4, -0.2) is 40.4 Å². The van der Waals surface area contributed by atoms with Crippen LogP contribution in [0.25, 0.3) is 0 Å². The minimum absolute atomic E-state index is 0.125. The first kappa shape index (κ1) is 17.8. The molecule has 2 amide bonds. The van der Waals surface area contributed by atoms with Gasteiger partial charge in [0.05, 0.1) is 19.3 Å². The van der Waals surface area contributed by atoms with Crippen LogP contribution in [0.1, 0.15) is 31.4 Å². The number of anilines is 1. The Hall–Kier alpha value is -2.05. The number of rotatable bonds is 5. The maximum atomic E-state index is 12.6. The Bertz CT molecular complexity index is 701. The number of carbonyl (C=O) groups excluding carboxylic acids is 1. The van der Waals surface area contributed by atoms with Crippen molar-refractivity contribution in [2.75, 3.05) is 25.0 Å². The normalized spacial score (nSPS) is 17.5. The predicted molar refractivity (Wildman–Crippen MR) is 97.9 cm³/mol. The number of halogens is 1. The zero-order valence-corrected chi connectivity index (χ0v) is 15.1. The Kier molecular flexibility index (Phi) is 5.94. The van der Waals surface area contributed by atoms with E-state index in [1.165, 1.54) is 0 Å². The number of benzene rings is 1. The molecule has 1 aliphatic rings. The van der Waals surface area contributed by atoms with Gasteiger partial charge in [-0.3, -0.25) is 5.32 Å². The second-order valence-electron chi connectivity index (χ2n) is 6.08. The Morgan fingerprint density at radius 1 is 1.36 bits per heavy atom. The van der Waals surface area contributed by atoms with Gasteiger partial charge in [-0.1, -0.05) is 37.1 Å². The number of aromatic nitrogens is 2. The largest absolute Gasteiger partial charge is 0.370 e. The molecule has 0 bridgehead atoms. The van der Waals surface area contributed by atoms with E-state index in [1.54, 1.807) is 11.1 Å². The van der Waals surface area contributed by atoms with E-state index in [1.807, 2.05) is 35.0 Å². The van der Waals surface area contributed by atoms with Crippen molar-refractivity contribution in [3.63, 3.8) is 0 Å². The van der Waals surface area contributed by atoms with E-state index in [0.29, 0.717) is 24.7 Å². The highest BCUT2D eigenvalue weighted by atomic mass is 35.5. The van der Waals surface area contributed by atoms with Crippen molar-refractivity contribution in [1.29, 1.82) is 0 Å². The molecule has 0 aliphatic carbocycles. The zero-order valence-electron chi connectivity index (χ0n) is 14.3. The molecule has 1 aromatic carbocycles. The van der Waals surface area contributed by atoms with E-state index in [4.69, 9.17) is 16.3 Å². The van der Waals surface area contributed by atoms with Crippen molar-refractivity contribution in [2.24, 2.45) is 0 Å². The summed E-state index contributed by atoms with van der Waals surface area (Å²) in [4.78, 5) is 14.4. The molecular weight excluding hydrogens is 340 g/mol. The summed E-state index contributed by atoms with van der Waals surface area (Å²) in [5, 5.41) is 7.92. The molecular formula is C18H23ClN4O2. The van der Waals surface area contributed by atoms with Crippen LogP contribution >= 0.6 is 11.6 Å². The van der Waals surface area contributed by atoms with Crippen LogP contribution in [0.2, 0.25) is 5.02 Å². The Morgan fingerprint density at radius 2 is 2.16 bits per heavy atom. The number of nitrogens with one attached hydrogen (secondary N) is 1. The van der Waals surface area contributed by atoms with Gasteiger partial charge < -0.3 is 9.64 Å². The van der Waals surface area contributed by atoms with Gasteiger partial charge >= 0.3 is 6.03 Å². The van der Waals surface area contributed by atoms with Crippen molar-refractivity contribution in [1.82, 2.24) is 14.7 Å². The highest BCUT2D eigenvalue weighted by molar-refractivity contribution is 6.30. The van der Waals surface area contributed by atoms with Gasteiger partial charge in [0.1, 0.15) is 11.9 Å². The third-order valence-electron chi connectivity index (χ3n) is 4.27. The highest BCUT2D eigenvalue weighted by Crippen LogP contribution is 2.24. The van der Waals surface area contributed by atoms with Crippen LogP contribution in [0.4, 0.5) is 10.6 Å². The zero-order chi connectivity index (χ0) is 17.6. The average Bonchev–Trinajstić information content (AvgIpc) is 3.07. The Morgan fingerprint density at radius 3 is 2.92 bits per heavy atom. The molecule has 1 atom stereocenters. The molecule has 0 spiro atoms. The summed E-state index contributed by atoms with van der Waals surface area (Å²) in [7, 11) is 0. The number of aryl methyl sites for hydroxylation is 1. The molecule has 2 aromatic rings. The first-order valence-electron chi connectivity index (χ1n) is 8.62. The summed E-state index contributed by atoms with van der Waals surface area (Å²) < 4.78 is 7.65. The lowest BCUT2D eigenvalue weighted by atomic mass is 10.1. The summed E-state index contributed by atoms with van der Waals surface area (Å²) >= 11 is 5.94. The smallest absolute Gasteiger partial charge is 0.323 e. The fourth-order valence-corrected chi connectivity index (χ4v) is 2.95. The monoisotopic (exact) mass is 362 g/mol. The Labute approximate surface area is 152 Å². The van der Waals surface area contributed by atoms with Gasteiger partial charge in [-0.15, -0.1) is 0 Å². The van der Waals surface area contributed by atoms with Gasteiger partial charge in [0.25, 0.3) is 0 Å². The first-order valence-corrected chi connectivity index (χ1v) is 9.00. The van der Waals surface area contributed by atoms with Crippen LogP contribution in [-0.2, 0) is 11.3 Å². The van der Waals surface area contributed by atoms with Crippen molar-refractivity contribution >= 4 is 23.4 Å². The molecule has 3 rings (SSSR count). The summed E-state index contributed by atoms with van der Waals surface area (Å²) in [5.41, 5.74) is 1.02. The molecule has 134 valence electrons. The number of carbonyl (C=O) groups is 1. The van der Waals surface area contributed by atoms with Gasteiger partial charge in [0.2, 0.25) is 0 Å². The number of amides is 2. The van der Waals surface area contributed by atoms with Crippen molar-refractivity contribution in [2.45, 2.75) is 32.4 Å². The van der Waals surface area contributed by atoms with E-state index in [0.717, 1.165) is 30.8 Å². The molecule has 1 aliphatic heterocycles. The standard InChI is InChI=1S/C18H23ClN4O2/c1-2-3-10-23-17(8-9-20-23)21-18(24)22-11-12-25-16(13-22)14-4-6-15(19)7-5-14/h4-9,16H,2-3,10-13H2,1H3,(H,21,24).